The minimum absolute atomic E-state index is 0.0143. The summed E-state index contributed by atoms with van der Waals surface area (Å²) in [4.78, 5) is 35.1. The zero-order valence-electron chi connectivity index (χ0n) is 18.0. The third-order valence-corrected chi connectivity index (χ3v) is 6.26. The number of nitrogens with one attached hydrogen (secondary N) is 2. The Morgan fingerprint density at radius 2 is 1.66 bits per heavy atom. The van der Waals surface area contributed by atoms with Gasteiger partial charge in [-0.15, -0.1) is 0 Å². The van der Waals surface area contributed by atoms with Crippen molar-refractivity contribution in [2.24, 2.45) is 17.8 Å². The third kappa shape index (κ3) is 4.93. The summed E-state index contributed by atoms with van der Waals surface area (Å²) in [6.07, 6.45) is 0.258. The van der Waals surface area contributed by atoms with Crippen LogP contribution in [0.4, 0.5) is 4.79 Å². The van der Waals surface area contributed by atoms with Gasteiger partial charge in [0.1, 0.15) is 6.61 Å². The molecule has 0 bridgehead atoms. The molecule has 168 valence electrons. The highest BCUT2D eigenvalue weighted by atomic mass is 16.5. The fourth-order valence-electron chi connectivity index (χ4n) is 4.43. The van der Waals surface area contributed by atoms with E-state index in [1.165, 1.54) is 11.1 Å². The number of aliphatic carboxylic acids is 1. The Bertz CT molecular complexity index is 975. The van der Waals surface area contributed by atoms with Gasteiger partial charge >= 0.3 is 12.1 Å². The second-order valence-corrected chi connectivity index (χ2v) is 8.76. The average molecular weight is 437 g/mol. The SMILES string of the molecule is CC(CNC(=O)[C@H]1C[C@H]1CNC(=O)OCC1c2ccccc2-c2ccccc21)CC(=O)O. The van der Waals surface area contributed by atoms with Gasteiger partial charge in [-0.05, 0) is 40.5 Å². The van der Waals surface area contributed by atoms with Gasteiger partial charge in [0.2, 0.25) is 5.91 Å². The van der Waals surface area contributed by atoms with Crippen molar-refractivity contribution in [3.63, 3.8) is 0 Å². The summed E-state index contributed by atoms with van der Waals surface area (Å²) >= 11 is 0. The summed E-state index contributed by atoms with van der Waals surface area (Å²) in [5.41, 5.74) is 4.69. The van der Waals surface area contributed by atoms with Crippen LogP contribution in [0.1, 0.15) is 36.8 Å². The maximum atomic E-state index is 12.3. The molecule has 32 heavy (non-hydrogen) atoms. The molecular formula is C25H28N2O5. The number of carboxylic acids is 1. The zero-order valence-corrected chi connectivity index (χ0v) is 18.0. The van der Waals surface area contributed by atoms with E-state index in [0.717, 1.165) is 11.1 Å². The minimum Gasteiger partial charge on any atom is -0.481 e. The summed E-state index contributed by atoms with van der Waals surface area (Å²) in [7, 11) is 0. The molecule has 2 aliphatic carbocycles. The lowest BCUT2D eigenvalue weighted by Crippen LogP contribution is -2.32. The van der Waals surface area contributed by atoms with E-state index in [1.54, 1.807) is 6.92 Å². The highest BCUT2D eigenvalue weighted by molar-refractivity contribution is 5.82. The van der Waals surface area contributed by atoms with E-state index in [1.807, 2.05) is 24.3 Å². The number of ether oxygens (including phenoxy) is 1. The van der Waals surface area contributed by atoms with Crippen molar-refractivity contribution in [3.05, 3.63) is 59.7 Å². The molecule has 0 aliphatic heterocycles. The number of carbonyl (C=O) groups is 3. The van der Waals surface area contributed by atoms with Gasteiger partial charge < -0.3 is 20.5 Å². The summed E-state index contributed by atoms with van der Waals surface area (Å²) < 4.78 is 5.52. The largest absolute Gasteiger partial charge is 0.481 e. The molecule has 1 saturated carbocycles. The van der Waals surface area contributed by atoms with Gasteiger partial charge in [0.25, 0.3) is 0 Å². The summed E-state index contributed by atoms with van der Waals surface area (Å²) in [5, 5.41) is 14.4. The summed E-state index contributed by atoms with van der Waals surface area (Å²) in [6.45, 7) is 2.78. The van der Waals surface area contributed by atoms with Gasteiger partial charge in [0.15, 0.2) is 0 Å². The van der Waals surface area contributed by atoms with Crippen molar-refractivity contribution in [2.75, 3.05) is 19.7 Å². The van der Waals surface area contributed by atoms with E-state index < -0.39 is 12.1 Å². The molecule has 4 rings (SSSR count). The molecule has 1 unspecified atom stereocenters. The van der Waals surface area contributed by atoms with Gasteiger partial charge in [0, 0.05) is 31.3 Å². The first-order valence-electron chi connectivity index (χ1n) is 11.0. The van der Waals surface area contributed by atoms with E-state index in [4.69, 9.17) is 9.84 Å². The normalized spacial score (nSPS) is 19.4. The minimum atomic E-state index is -0.872. The number of carbonyl (C=O) groups excluding carboxylic acids is 2. The molecule has 7 heteroatoms. The molecule has 0 heterocycles. The number of fused-ring (bicyclic) bond motifs is 3. The fraction of sp³-hybridized carbons (Fsp3) is 0.400. The Kier molecular flexibility index (Phi) is 6.44. The lowest BCUT2D eigenvalue weighted by molar-refractivity contribution is -0.138. The first-order chi connectivity index (χ1) is 15.4. The van der Waals surface area contributed by atoms with Crippen molar-refractivity contribution in [1.29, 1.82) is 0 Å². The van der Waals surface area contributed by atoms with Crippen molar-refractivity contribution in [1.82, 2.24) is 10.6 Å². The Morgan fingerprint density at radius 1 is 1.03 bits per heavy atom. The number of benzene rings is 2. The Labute approximate surface area is 187 Å². The Hall–Kier alpha value is -3.35. The van der Waals surface area contributed by atoms with Gasteiger partial charge in [0.05, 0.1) is 0 Å². The molecule has 2 aliphatic rings. The second-order valence-electron chi connectivity index (χ2n) is 8.76. The molecule has 0 spiro atoms. The van der Waals surface area contributed by atoms with Gasteiger partial charge in [-0.3, -0.25) is 9.59 Å². The monoisotopic (exact) mass is 436 g/mol. The number of hydrogen-bond acceptors (Lipinski definition) is 4. The van der Waals surface area contributed by atoms with Crippen LogP contribution in [-0.2, 0) is 14.3 Å². The zero-order chi connectivity index (χ0) is 22.7. The van der Waals surface area contributed by atoms with Crippen LogP contribution < -0.4 is 10.6 Å². The van der Waals surface area contributed by atoms with E-state index >= 15 is 0 Å². The fourth-order valence-corrected chi connectivity index (χ4v) is 4.43. The third-order valence-electron chi connectivity index (χ3n) is 6.26. The van der Waals surface area contributed by atoms with E-state index in [9.17, 15) is 14.4 Å². The van der Waals surface area contributed by atoms with Crippen LogP contribution in [0.15, 0.2) is 48.5 Å². The van der Waals surface area contributed by atoms with Crippen molar-refractivity contribution >= 4 is 18.0 Å². The molecule has 0 aromatic heterocycles. The van der Waals surface area contributed by atoms with Crippen LogP contribution in [0.25, 0.3) is 11.1 Å². The lowest BCUT2D eigenvalue weighted by atomic mass is 9.98. The van der Waals surface area contributed by atoms with E-state index in [0.29, 0.717) is 19.5 Å². The average Bonchev–Trinajstić information content (AvgIpc) is 3.49. The standard InChI is InChI=1S/C25H28N2O5/c1-15(10-23(28)29)12-26-24(30)21-11-16(21)13-27-25(31)32-14-22-19-8-4-2-6-17(19)18-7-3-5-9-20(18)22/h2-9,15-16,21-22H,10-14H2,1H3,(H,26,30)(H,27,31)(H,28,29)/t15?,16-,21-/m0/s1. The quantitative estimate of drug-likeness (QED) is 0.559. The molecule has 3 N–H and O–H groups in total. The number of rotatable bonds is 9. The van der Waals surface area contributed by atoms with Crippen LogP contribution in [0.5, 0.6) is 0 Å². The lowest BCUT2D eigenvalue weighted by Gasteiger charge is -2.14. The predicted molar refractivity (Wildman–Crippen MR) is 119 cm³/mol. The Morgan fingerprint density at radius 3 is 2.28 bits per heavy atom. The molecule has 1 fully saturated rings. The van der Waals surface area contributed by atoms with E-state index in [2.05, 4.69) is 34.9 Å². The van der Waals surface area contributed by atoms with Crippen LogP contribution in [0, 0.1) is 17.8 Å². The molecular weight excluding hydrogens is 408 g/mol. The molecule has 0 saturated heterocycles. The van der Waals surface area contributed by atoms with Crippen LogP contribution in [-0.4, -0.2) is 42.8 Å². The van der Waals surface area contributed by atoms with Crippen molar-refractivity contribution < 1.29 is 24.2 Å². The second kappa shape index (κ2) is 9.42. The topological polar surface area (TPSA) is 105 Å². The number of hydrogen-bond donors (Lipinski definition) is 3. The van der Waals surface area contributed by atoms with Crippen LogP contribution in [0.3, 0.4) is 0 Å². The van der Waals surface area contributed by atoms with Gasteiger partial charge in [-0.2, -0.15) is 0 Å². The molecule has 3 atom stereocenters. The highest BCUT2D eigenvalue weighted by Crippen LogP contribution is 2.44. The smallest absolute Gasteiger partial charge is 0.407 e. The molecule has 2 amide bonds. The predicted octanol–water partition coefficient (Wildman–Crippen LogP) is 3.39. The molecule has 7 nitrogen and oxygen atoms in total. The first kappa shape index (κ1) is 21.9. The van der Waals surface area contributed by atoms with Crippen LogP contribution in [0.2, 0.25) is 0 Å². The summed E-state index contributed by atoms with van der Waals surface area (Å²) in [6, 6.07) is 16.4. The summed E-state index contributed by atoms with van der Waals surface area (Å²) in [5.74, 6) is -1.11. The van der Waals surface area contributed by atoms with Gasteiger partial charge in [-0.25, -0.2) is 4.79 Å². The maximum absolute atomic E-state index is 12.3. The van der Waals surface area contributed by atoms with Crippen LogP contribution >= 0.6 is 0 Å². The highest BCUT2D eigenvalue weighted by Gasteiger charge is 2.43. The molecule has 2 aromatic carbocycles. The Balaban J connectivity index is 1.21. The molecule has 0 radical (unpaired) electrons. The van der Waals surface area contributed by atoms with Gasteiger partial charge in [-0.1, -0.05) is 55.5 Å². The first-order valence-corrected chi connectivity index (χ1v) is 11.0. The van der Waals surface area contributed by atoms with Crippen molar-refractivity contribution in [2.45, 2.75) is 25.7 Å². The number of carboxylic acid groups (broad SMARTS) is 1. The molecule has 2 aromatic rings. The number of alkyl carbamates (subject to hydrolysis) is 1. The van der Waals surface area contributed by atoms with Crippen molar-refractivity contribution in [3.8, 4) is 11.1 Å². The maximum Gasteiger partial charge on any atom is 0.407 e. The van der Waals surface area contributed by atoms with E-state index in [-0.39, 0.29) is 42.6 Å². The number of amides is 2.